The van der Waals surface area contributed by atoms with E-state index in [4.69, 9.17) is 0 Å². The van der Waals surface area contributed by atoms with Crippen LogP contribution in [0.1, 0.15) is 42.5 Å². The summed E-state index contributed by atoms with van der Waals surface area (Å²) < 4.78 is 13.4. The molecule has 0 heterocycles. The van der Waals surface area contributed by atoms with Gasteiger partial charge in [0.1, 0.15) is 5.82 Å². The molecule has 0 spiro atoms. The van der Waals surface area contributed by atoms with E-state index < -0.39 is 5.60 Å². The Hall–Kier alpha value is -1.07. The zero-order chi connectivity index (χ0) is 14.6. The Balaban J connectivity index is 1.98. The average Bonchev–Trinajstić information content (AvgIpc) is 2.46. The number of hydrogen-bond acceptors (Lipinski definition) is 3. The van der Waals surface area contributed by atoms with Crippen LogP contribution in [0.25, 0.3) is 0 Å². The highest BCUT2D eigenvalue weighted by molar-refractivity contribution is 7.98. The smallest absolute Gasteiger partial charge is 0.251 e. The summed E-state index contributed by atoms with van der Waals surface area (Å²) in [6.07, 6.45) is 6.37. The molecule has 0 bridgehead atoms. The molecule has 0 aliphatic heterocycles. The van der Waals surface area contributed by atoms with Gasteiger partial charge >= 0.3 is 0 Å². The van der Waals surface area contributed by atoms with E-state index in [1.165, 1.54) is 23.9 Å². The minimum absolute atomic E-state index is 0.262. The third-order valence-electron chi connectivity index (χ3n) is 3.78. The van der Waals surface area contributed by atoms with Gasteiger partial charge in [-0.1, -0.05) is 19.3 Å². The van der Waals surface area contributed by atoms with Gasteiger partial charge in [-0.15, -0.1) is 11.8 Å². The van der Waals surface area contributed by atoms with Crippen molar-refractivity contribution in [2.24, 2.45) is 0 Å². The lowest BCUT2D eigenvalue weighted by atomic mass is 9.85. The molecule has 1 saturated carbocycles. The molecule has 1 fully saturated rings. The molecule has 0 atom stereocenters. The van der Waals surface area contributed by atoms with Gasteiger partial charge in [0.15, 0.2) is 0 Å². The van der Waals surface area contributed by atoms with Gasteiger partial charge in [-0.2, -0.15) is 0 Å². The first kappa shape index (κ1) is 15.3. The Morgan fingerprint density at radius 2 is 2.10 bits per heavy atom. The number of hydrogen-bond donors (Lipinski definition) is 2. The fourth-order valence-electron chi connectivity index (χ4n) is 2.53. The molecule has 0 saturated heterocycles. The summed E-state index contributed by atoms with van der Waals surface area (Å²) in [6, 6.07) is 4.31. The summed E-state index contributed by atoms with van der Waals surface area (Å²) in [5.41, 5.74) is -0.355. The number of rotatable bonds is 4. The molecule has 1 amide bonds. The monoisotopic (exact) mass is 297 g/mol. The van der Waals surface area contributed by atoms with Crippen molar-refractivity contribution in [2.45, 2.75) is 42.6 Å². The molecular formula is C15H20FNO2S. The average molecular weight is 297 g/mol. The zero-order valence-corrected chi connectivity index (χ0v) is 12.4. The third kappa shape index (κ3) is 3.73. The fraction of sp³-hybridized carbons (Fsp3) is 0.533. The number of carbonyl (C=O) groups is 1. The van der Waals surface area contributed by atoms with E-state index in [9.17, 15) is 14.3 Å². The van der Waals surface area contributed by atoms with Gasteiger partial charge in [-0.25, -0.2) is 4.39 Å². The quantitative estimate of drug-likeness (QED) is 0.840. The lowest BCUT2D eigenvalue weighted by Crippen LogP contribution is -2.44. The second-order valence-electron chi connectivity index (χ2n) is 5.32. The van der Waals surface area contributed by atoms with Gasteiger partial charge in [0, 0.05) is 17.0 Å². The first-order valence-corrected chi connectivity index (χ1v) is 8.11. The maximum atomic E-state index is 13.4. The highest BCUT2D eigenvalue weighted by Crippen LogP contribution is 2.27. The number of benzene rings is 1. The normalized spacial score (nSPS) is 17.8. The van der Waals surface area contributed by atoms with Crippen LogP contribution in [-0.2, 0) is 0 Å². The van der Waals surface area contributed by atoms with E-state index >= 15 is 0 Å². The molecule has 1 aromatic rings. The second-order valence-corrected chi connectivity index (χ2v) is 6.17. The van der Waals surface area contributed by atoms with Crippen LogP contribution in [0, 0.1) is 5.82 Å². The molecule has 1 aliphatic carbocycles. The lowest BCUT2D eigenvalue weighted by Gasteiger charge is -2.32. The van der Waals surface area contributed by atoms with Crippen LogP contribution in [-0.4, -0.2) is 29.4 Å². The van der Waals surface area contributed by atoms with E-state index in [0.717, 1.165) is 32.1 Å². The van der Waals surface area contributed by atoms with Crippen molar-refractivity contribution in [3.05, 3.63) is 29.6 Å². The number of nitrogens with one attached hydrogen (secondary N) is 1. The summed E-state index contributed by atoms with van der Waals surface area (Å²) in [4.78, 5) is 12.5. The summed E-state index contributed by atoms with van der Waals surface area (Å²) in [5, 5.41) is 13.1. The number of thioether (sulfide) groups is 1. The van der Waals surface area contributed by atoms with Crippen LogP contribution in [0.5, 0.6) is 0 Å². The van der Waals surface area contributed by atoms with E-state index in [2.05, 4.69) is 5.32 Å². The molecule has 1 aromatic carbocycles. The van der Waals surface area contributed by atoms with Crippen molar-refractivity contribution >= 4 is 17.7 Å². The van der Waals surface area contributed by atoms with Crippen molar-refractivity contribution in [3.8, 4) is 0 Å². The van der Waals surface area contributed by atoms with Crippen molar-refractivity contribution in [1.82, 2.24) is 5.32 Å². The molecule has 3 nitrogen and oxygen atoms in total. The van der Waals surface area contributed by atoms with Crippen LogP contribution in [0.3, 0.4) is 0 Å². The molecule has 0 aromatic heterocycles. The number of aliphatic hydroxyl groups is 1. The van der Waals surface area contributed by atoms with Gasteiger partial charge < -0.3 is 10.4 Å². The summed E-state index contributed by atoms with van der Waals surface area (Å²) in [6.45, 7) is 0.262. The van der Waals surface area contributed by atoms with Crippen molar-refractivity contribution in [2.75, 3.05) is 12.8 Å². The maximum absolute atomic E-state index is 13.4. The Morgan fingerprint density at radius 3 is 2.75 bits per heavy atom. The van der Waals surface area contributed by atoms with E-state index in [1.807, 2.05) is 0 Å². The molecule has 1 aliphatic rings. The minimum atomic E-state index is -0.781. The highest BCUT2D eigenvalue weighted by atomic mass is 32.2. The van der Waals surface area contributed by atoms with Crippen LogP contribution in [0.4, 0.5) is 4.39 Å². The van der Waals surface area contributed by atoms with E-state index in [-0.39, 0.29) is 18.3 Å². The standard InChI is InChI=1S/C15H20FNO2S/c1-20-13-9-11(5-6-12(13)16)14(18)17-10-15(19)7-3-2-4-8-15/h5-6,9,19H,2-4,7-8,10H2,1H3,(H,17,18). The number of halogens is 1. The number of carbonyl (C=O) groups excluding carboxylic acids is 1. The van der Waals surface area contributed by atoms with Crippen LogP contribution in [0.15, 0.2) is 23.1 Å². The number of amides is 1. The SMILES string of the molecule is CSc1cc(C(=O)NCC2(O)CCCCC2)ccc1F. The van der Waals surface area contributed by atoms with Crippen LogP contribution >= 0.6 is 11.8 Å². The Labute approximate surface area is 123 Å². The Morgan fingerprint density at radius 1 is 1.40 bits per heavy atom. The molecule has 2 N–H and O–H groups in total. The highest BCUT2D eigenvalue weighted by Gasteiger charge is 2.29. The van der Waals surface area contributed by atoms with Crippen molar-refractivity contribution in [1.29, 1.82) is 0 Å². The Kier molecular flexibility index (Phi) is 5.05. The molecule has 110 valence electrons. The first-order valence-electron chi connectivity index (χ1n) is 6.88. The molecular weight excluding hydrogens is 277 g/mol. The van der Waals surface area contributed by atoms with Gasteiger partial charge in [0.2, 0.25) is 0 Å². The molecule has 5 heteroatoms. The first-order chi connectivity index (χ1) is 9.54. The van der Waals surface area contributed by atoms with E-state index in [0.29, 0.717) is 10.5 Å². The third-order valence-corrected chi connectivity index (χ3v) is 4.53. The summed E-state index contributed by atoms with van der Waals surface area (Å²) in [5.74, 6) is -0.584. The topological polar surface area (TPSA) is 49.3 Å². The van der Waals surface area contributed by atoms with Crippen molar-refractivity contribution < 1.29 is 14.3 Å². The molecule has 0 unspecified atom stereocenters. The summed E-state index contributed by atoms with van der Waals surface area (Å²) in [7, 11) is 0. The minimum Gasteiger partial charge on any atom is -0.388 e. The van der Waals surface area contributed by atoms with Gasteiger partial charge in [-0.05, 0) is 37.3 Å². The summed E-state index contributed by atoms with van der Waals surface area (Å²) >= 11 is 1.27. The van der Waals surface area contributed by atoms with Gasteiger partial charge in [0.25, 0.3) is 5.91 Å². The second kappa shape index (κ2) is 6.59. The molecule has 20 heavy (non-hydrogen) atoms. The van der Waals surface area contributed by atoms with Gasteiger partial charge in [-0.3, -0.25) is 4.79 Å². The van der Waals surface area contributed by atoms with E-state index in [1.54, 1.807) is 12.3 Å². The van der Waals surface area contributed by atoms with Crippen molar-refractivity contribution in [3.63, 3.8) is 0 Å². The van der Waals surface area contributed by atoms with Crippen LogP contribution in [0.2, 0.25) is 0 Å². The largest absolute Gasteiger partial charge is 0.388 e. The Bertz CT molecular complexity index is 487. The van der Waals surface area contributed by atoms with Gasteiger partial charge in [0.05, 0.1) is 5.60 Å². The predicted molar refractivity (Wildman–Crippen MR) is 78.5 cm³/mol. The predicted octanol–water partition coefficient (Wildman–Crippen LogP) is 2.97. The lowest BCUT2D eigenvalue weighted by molar-refractivity contribution is 0.00525. The molecule has 0 radical (unpaired) electrons. The zero-order valence-electron chi connectivity index (χ0n) is 11.6. The van der Waals surface area contributed by atoms with Crippen LogP contribution < -0.4 is 5.32 Å². The molecule has 2 rings (SSSR count). The fourth-order valence-corrected chi connectivity index (χ4v) is 3.04. The maximum Gasteiger partial charge on any atom is 0.251 e.